The summed E-state index contributed by atoms with van der Waals surface area (Å²) in [7, 11) is 0. The van der Waals surface area contributed by atoms with Crippen LogP contribution < -0.4 is 5.32 Å². The Bertz CT molecular complexity index is 492. The van der Waals surface area contributed by atoms with Crippen LogP contribution in [0.2, 0.25) is 0 Å². The molecule has 1 aromatic heterocycles. The number of nitrogens with one attached hydrogen (secondary N) is 1. The van der Waals surface area contributed by atoms with Crippen LogP contribution in [0.4, 0.5) is 0 Å². The molecule has 1 unspecified atom stereocenters. The van der Waals surface area contributed by atoms with Crippen LogP contribution >= 0.6 is 27.3 Å². The van der Waals surface area contributed by atoms with Gasteiger partial charge < -0.3 is 5.32 Å². The van der Waals surface area contributed by atoms with E-state index in [2.05, 4.69) is 70.8 Å². The molecule has 0 bridgehead atoms. The summed E-state index contributed by atoms with van der Waals surface area (Å²) in [5.41, 5.74) is 3.96. The van der Waals surface area contributed by atoms with Crippen LogP contribution in [-0.4, -0.2) is 6.54 Å². The first-order chi connectivity index (χ1) is 8.20. The first-order valence-electron chi connectivity index (χ1n) is 5.74. The lowest BCUT2D eigenvalue weighted by atomic mass is 10.00. The molecule has 0 radical (unpaired) electrons. The van der Waals surface area contributed by atoms with E-state index in [4.69, 9.17) is 0 Å². The van der Waals surface area contributed by atoms with Crippen molar-refractivity contribution >= 4 is 27.3 Å². The van der Waals surface area contributed by atoms with Crippen molar-refractivity contribution in [3.05, 3.63) is 56.2 Å². The van der Waals surface area contributed by atoms with Gasteiger partial charge in [0.25, 0.3) is 0 Å². The van der Waals surface area contributed by atoms with Gasteiger partial charge in [-0.1, -0.05) is 36.8 Å². The number of hydrogen-bond acceptors (Lipinski definition) is 2. The second-order valence-corrected chi connectivity index (χ2v) is 6.38. The molecule has 0 amide bonds. The fourth-order valence-electron chi connectivity index (χ4n) is 1.96. The average Bonchev–Trinajstić information content (AvgIpc) is 2.72. The molecule has 3 heteroatoms. The van der Waals surface area contributed by atoms with E-state index >= 15 is 0 Å². The summed E-state index contributed by atoms with van der Waals surface area (Å²) >= 11 is 5.26. The van der Waals surface area contributed by atoms with Crippen LogP contribution in [0.1, 0.15) is 29.7 Å². The smallest absolute Gasteiger partial charge is 0.0701 e. The van der Waals surface area contributed by atoms with Crippen molar-refractivity contribution in [1.82, 2.24) is 5.32 Å². The molecule has 17 heavy (non-hydrogen) atoms. The van der Waals surface area contributed by atoms with Crippen molar-refractivity contribution in [3.63, 3.8) is 0 Å². The average molecular weight is 310 g/mol. The van der Waals surface area contributed by atoms with E-state index < -0.39 is 0 Å². The van der Waals surface area contributed by atoms with E-state index in [1.165, 1.54) is 20.5 Å². The zero-order valence-electron chi connectivity index (χ0n) is 10.0. The SMILES string of the molecule is CCNC(c1cccc(C)c1)c1csc(Br)c1. The summed E-state index contributed by atoms with van der Waals surface area (Å²) in [6.45, 7) is 5.24. The highest BCUT2D eigenvalue weighted by molar-refractivity contribution is 9.11. The third-order valence-corrected chi connectivity index (χ3v) is 4.23. The molecule has 2 rings (SSSR count). The maximum atomic E-state index is 3.54. The fourth-order valence-corrected chi connectivity index (χ4v) is 3.16. The van der Waals surface area contributed by atoms with Crippen molar-refractivity contribution in [3.8, 4) is 0 Å². The lowest BCUT2D eigenvalue weighted by Crippen LogP contribution is -2.21. The molecular weight excluding hydrogens is 294 g/mol. The first-order valence-corrected chi connectivity index (χ1v) is 7.42. The summed E-state index contributed by atoms with van der Waals surface area (Å²) in [5, 5.41) is 5.75. The molecule has 1 N–H and O–H groups in total. The van der Waals surface area contributed by atoms with Crippen LogP contribution in [0.25, 0.3) is 0 Å². The second kappa shape index (κ2) is 5.80. The summed E-state index contributed by atoms with van der Waals surface area (Å²) in [6, 6.07) is 11.2. The lowest BCUT2D eigenvalue weighted by molar-refractivity contribution is 0.632. The fraction of sp³-hybridized carbons (Fsp3) is 0.286. The zero-order valence-corrected chi connectivity index (χ0v) is 12.4. The Kier molecular flexibility index (Phi) is 4.37. The Morgan fingerprint density at radius 1 is 1.29 bits per heavy atom. The Hall–Kier alpha value is -0.640. The molecule has 0 fully saturated rings. The highest BCUT2D eigenvalue weighted by atomic mass is 79.9. The minimum absolute atomic E-state index is 0.294. The van der Waals surface area contributed by atoms with Gasteiger partial charge in [0.05, 0.1) is 9.83 Å². The third-order valence-electron chi connectivity index (χ3n) is 2.70. The Labute approximate surface area is 115 Å². The predicted octanol–water partition coefficient (Wildman–Crippen LogP) is 4.52. The molecule has 0 spiro atoms. The van der Waals surface area contributed by atoms with Crippen LogP contribution in [-0.2, 0) is 0 Å². The van der Waals surface area contributed by atoms with Gasteiger partial charge in [-0.15, -0.1) is 11.3 Å². The van der Waals surface area contributed by atoms with E-state index in [0.717, 1.165) is 6.54 Å². The van der Waals surface area contributed by atoms with Gasteiger partial charge in [-0.05, 0) is 52.0 Å². The number of aryl methyl sites for hydroxylation is 1. The molecular formula is C14H16BrNS. The number of halogens is 1. The van der Waals surface area contributed by atoms with E-state index in [1.54, 1.807) is 11.3 Å². The summed E-state index contributed by atoms with van der Waals surface area (Å²) in [4.78, 5) is 0. The van der Waals surface area contributed by atoms with Gasteiger partial charge in [-0.25, -0.2) is 0 Å². The Morgan fingerprint density at radius 3 is 2.71 bits per heavy atom. The largest absolute Gasteiger partial charge is 0.307 e. The minimum atomic E-state index is 0.294. The standard InChI is InChI=1S/C14H16BrNS/c1-3-16-14(12-8-13(15)17-9-12)11-6-4-5-10(2)7-11/h4-9,14,16H,3H2,1-2H3. The molecule has 0 saturated carbocycles. The molecule has 2 aromatic rings. The first kappa shape index (κ1) is 12.8. The molecule has 1 heterocycles. The summed E-state index contributed by atoms with van der Waals surface area (Å²) in [5.74, 6) is 0. The second-order valence-electron chi connectivity index (χ2n) is 4.09. The van der Waals surface area contributed by atoms with Crippen LogP contribution in [0, 0.1) is 6.92 Å². The van der Waals surface area contributed by atoms with Crippen molar-refractivity contribution in [2.24, 2.45) is 0 Å². The van der Waals surface area contributed by atoms with Crippen LogP contribution in [0.5, 0.6) is 0 Å². The number of hydrogen-bond donors (Lipinski definition) is 1. The zero-order chi connectivity index (χ0) is 12.3. The molecule has 90 valence electrons. The van der Waals surface area contributed by atoms with Gasteiger partial charge in [-0.2, -0.15) is 0 Å². The normalized spacial score (nSPS) is 12.6. The van der Waals surface area contributed by atoms with Crippen molar-refractivity contribution in [2.45, 2.75) is 19.9 Å². The van der Waals surface area contributed by atoms with E-state index in [0.29, 0.717) is 6.04 Å². The number of rotatable bonds is 4. The van der Waals surface area contributed by atoms with Gasteiger partial charge in [0.15, 0.2) is 0 Å². The van der Waals surface area contributed by atoms with Gasteiger partial charge in [0, 0.05) is 0 Å². The molecule has 1 aromatic carbocycles. The van der Waals surface area contributed by atoms with E-state index in [9.17, 15) is 0 Å². The van der Waals surface area contributed by atoms with Gasteiger partial charge in [0.2, 0.25) is 0 Å². The Balaban J connectivity index is 2.35. The van der Waals surface area contributed by atoms with Crippen LogP contribution in [0.3, 0.4) is 0 Å². The lowest BCUT2D eigenvalue weighted by Gasteiger charge is -2.17. The predicted molar refractivity (Wildman–Crippen MR) is 78.7 cm³/mol. The molecule has 0 aliphatic carbocycles. The van der Waals surface area contributed by atoms with Gasteiger partial charge in [0.1, 0.15) is 0 Å². The molecule has 1 atom stereocenters. The number of thiophene rings is 1. The monoisotopic (exact) mass is 309 g/mol. The van der Waals surface area contributed by atoms with Crippen molar-refractivity contribution in [1.29, 1.82) is 0 Å². The highest BCUT2D eigenvalue weighted by Crippen LogP contribution is 2.29. The number of benzene rings is 1. The topological polar surface area (TPSA) is 12.0 Å². The maximum Gasteiger partial charge on any atom is 0.0701 e. The van der Waals surface area contributed by atoms with Crippen molar-refractivity contribution in [2.75, 3.05) is 6.54 Å². The Morgan fingerprint density at radius 2 is 2.12 bits per heavy atom. The molecule has 0 aliphatic rings. The minimum Gasteiger partial charge on any atom is -0.307 e. The van der Waals surface area contributed by atoms with E-state index in [-0.39, 0.29) is 0 Å². The maximum absolute atomic E-state index is 3.54. The highest BCUT2D eigenvalue weighted by Gasteiger charge is 2.14. The van der Waals surface area contributed by atoms with Gasteiger partial charge in [-0.3, -0.25) is 0 Å². The molecule has 1 nitrogen and oxygen atoms in total. The van der Waals surface area contributed by atoms with Gasteiger partial charge >= 0.3 is 0 Å². The third kappa shape index (κ3) is 3.18. The van der Waals surface area contributed by atoms with E-state index in [1.807, 2.05) is 0 Å². The van der Waals surface area contributed by atoms with Crippen molar-refractivity contribution < 1.29 is 0 Å². The summed E-state index contributed by atoms with van der Waals surface area (Å²) in [6.07, 6.45) is 0. The summed E-state index contributed by atoms with van der Waals surface area (Å²) < 4.78 is 1.18. The van der Waals surface area contributed by atoms with Crippen LogP contribution in [0.15, 0.2) is 39.5 Å². The molecule has 0 saturated heterocycles. The quantitative estimate of drug-likeness (QED) is 0.875. The molecule has 0 aliphatic heterocycles.